The van der Waals surface area contributed by atoms with E-state index in [1.165, 1.54) is 38.5 Å². The Hall–Kier alpha value is -4.13. The lowest BCUT2D eigenvalue weighted by atomic mass is 10.0. The summed E-state index contributed by atoms with van der Waals surface area (Å²) in [5.74, 6) is -0.465. The smallest absolute Gasteiger partial charge is 0.282 e. The van der Waals surface area contributed by atoms with Crippen molar-refractivity contribution >= 4 is 28.8 Å². The van der Waals surface area contributed by atoms with Gasteiger partial charge in [0.1, 0.15) is 11.5 Å². The van der Waals surface area contributed by atoms with E-state index in [9.17, 15) is 14.0 Å². The Bertz CT molecular complexity index is 1220. The van der Waals surface area contributed by atoms with E-state index in [4.69, 9.17) is 9.47 Å². The number of carbonyl (C=O) groups is 2. The zero-order valence-corrected chi connectivity index (χ0v) is 17.8. The molecule has 6 nitrogen and oxygen atoms in total. The number of nitrogens with zero attached hydrogens (tertiary/aromatic N) is 1. The van der Waals surface area contributed by atoms with Crippen LogP contribution >= 0.6 is 0 Å². The van der Waals surface area contributed by atoms with Gasteiger partial charge in [-0.15, -0.1) is 0 Å². The molecule has 1 aliphatic heterocycles. The minimum atomic E-state index is -0.507. The van der Waals surface area contributed by atoms with Crippen molar-refractivity contribution in [2.45, 2.75) is 6.92 Å². The summed E-state index contributed by atoms with van der Waals surface area (Å²) in [5.41, 5.74) is 2.70. The maximum Gasteiger partial charge on any atom is 0.282 e. The number of halogens is 1. The number of imide groups is 1. The highest BCUT2D eigenvalue weighted by atomic mass is 19.1. The average molecular weight is 432 g/mol. The second-order valence-corrected chi connectivity index (χ2v) is 7.23. The number of aryl methyl sites for hydroxylation is 1. The van der Waals surface area contributed by atoms with Crippen LogP contribution in [0.4, 0.5) is 15.8 Å². The Balaban J connectivity index is 1.84. The number of amides is 2. The average Bonchev–Trinajstić information content (AvgIpc) is 3.04. The van der Waals surface area contributed by atoms with E-state index >= 15 is 0 Å². The fraction of sp³-hybridized carbons (Fsp3) is 0.120. The monoisotopic (exact) mass is 432 g/mol. The van der Waals surface area contributed by atoms with Crippen molar-refractivity contribution in [2.24, 2.45) is 0 Å². The molecule has 0 unspecified atom stereocenters. The van der Waals surface area contributed by atoms with Gasteiger partial charge in [-0.05, 0) is 61.0 Å². The third kappa shape index (κ3) is 3.80. The first-order valence-electron chi connectivity index (χ1n) is 9.87. The maximum absolute atomic E-state index is 13.5. The van der Waals surface area contributed by atoms with E-state index < -0.39 is 17.6 Å². The first kappa shape index (κ1) is 21.1. The van der Waals surface area contributed by atoms with Crippen molar-refractivity contribution in [2.75, 3.05) is 24.4 Å². The number of carbonyl (C=O) groups excluding carboxylic acids is 2. The molecule has 0 aliphatic carbocycles. The van der Waals surface area contributed by atoms with E-state index in [-0.39, 0.29) is 11.3 Å². The lowest BCUT2D eigenvalue weighted by Gasteiger charge is -2.16. The third-order valence-electron chi connectivity index (χ3n) is 5.16. The largest absolute Gasteiger partial charge is 0.493 e. The molecule has 4 rings (SSSR count). The van der Waals surface area contributed by atoms with Gasteiger partial charge in [-0.25, -0.2) is 9.29 Å². The van der Waals surface area contributed by atoms with E-state index in [1.807, 2.05) is 19.1 Å². The van der Waals surface area contributed by atoms with E-state index in [2.05, 4.69) is 5.32 Å². The Morgan fingerprint density at radius 3 is 2.09 bits per heavy atom. The van der Waals surface area contributed by atoms with Crippen molar-refractivity contribution in [1.29, 1.82) is 0 Å². The molecule has 0 bridgehead atoms. The van der Waals surface area contributed by atoms with Gasteiger partial charge in [-0.2, -0.15) is 0 Å². The molecule has 0 saturated heterocycles. The number of ether oxygens (including phenoxy) is 2. The number of hydrogen-bond acceptors (Lipinski definition) is 5. The van der Waals surface area contributed by atoms with E-state index in [0.717, 1.165) is 10.5 Å². The van der Waals surface area contributed by atoms with Crippen molar-refractivity contribution in [3.63, 3.8) is 0 Å². The zero-order valence-electron chi connectivity index (χ0n) is 17.8. The van der Waals surface area contributed by atoms with Crippen molar-refractivity contribution in [1.82, 2.24) is 0 Å². The van der Waals surface area contributed by atoms with Crippen LogP contribution in [0.2, 0.25) is 0 Å². The Labute approximate surface area is 184 Å². The molecule has 3 aromatic carbocycles. The summed E-state index contributed by atoms with van der Waals surface area (Å²) in [6.45, 7) is 1.92. The maximum atomic E-state index is 13.5. The van der Waals surface area contributed by atoms with Crippen LogP contribution in [0.1, 0.15) is 11.1 Å². The molecule has 1 N–H and O–H groups in total. The fourth-order valence-electron chi connectivity index (χ4n) is 3.51. The number of methoxy groups -OCH3 is 2. The first-order valence-corrected chi connectivity index (χ1v) is 9.87. The number of anilines is 2. The highest BCUT2D eigenvalue weighted by molar-refractivity contribution is 6.46. The summed E-state index contributed by atoms with van der Waals surface area (Å²) >= 11 is 0. The summed E-state index contributed by atoms with van der Waals surface area (Å²) < 4.78 is 24.0. The van der Waals surface area contributed by atoms with Gasteiger partial charge in [0.15, 0.2) is 11.5 Å². The highest BCUT2D eigenvalue weighted by Crippen LogP contribution is 2.37. The standard InChI is InChI=1S/C25H21FN2O4/c1-15-4-11-19(12-5-15)28-24(29)22(16-6-13-20(31-2)21(14-16)32-3)23(25(28)30)27-18-9-7-17(26)8-10-18/h4-14,27H,1-3H3. The van der Waals surface area contributed by atoms with Crippen LogP contribution in [0, 0.1) is 12.7 Å². The predicted octanol–water partition coefficient (Wildman–Crippen LogP) is 4.55. The molecule has 1 heterocycles. The van der Waals surface area contributed by atoms with Crippen LogP contribution < -0.4 is 19.7 Å². The Morgan fingerprint density at radius 1 is 0.812 bits per heavy atom. The quantitative estimate of drug-likeness (QED) is 0.579. The lowest BCUT2D eigenvalue weighted by Crippen LogP contribution is -2.32. The van der Waals surface area contributed by atoms with Gasteiger partial charge >= 0.3 is 0 Å². The van der Waals surface area contributed by atoms with Gasteiger partial charge in [0, 0.05) is 5.69 Å². The molecule has 0 aromatic heterocycles. The zero-order chi connectivity index (χ0) is 22.8. The minimum Gasteiger partial charge on any atom is -0.493 e. The molecule has 0 spiro atoms. The van der Waals surface area contributed by atoms with Gasteiger partial charge in [-0.1, -0.05) is 23.8 Å². The Kier molecular flexibility index (Phi) is 5.64. The van der Waals surface area contributed by atoms with Crippen LogP contribution in [0.25, 0.3) is 5.57 Å². The number of rotatable bonds is 6. The van der Waals surface area contributed by atoms with Crippen LogP contribution in [0.5, 0.6) is 11.5 Å². The molecule has 0 saturated carbocycles. The fourth-order valence-corrected chi connectivity index (χ4v) is 3.51. The van der Waals surface area contributed by atoms with Gasteiger partial charge in [-0.3, -0.25) is 9.59 Å². The summed E-state index contributed by atoms with van der Waals surface area (Å²) in [4.78, 5) is 28.0. The topological polar surface area (TPSA) is 67.9 Å². The van der Waals surface area contributed by atoms with Crippen molar-refractivity contribution < 1.29 is 23.5 Å². The second kappa shape index (κ2) is 8.55. The molecule has 0 atom stereocenters. The molecule has 0 radical (unpaired) electrons. The molecular weight excluding hydrogens is 411 g/mol. The summed E-state index contributed by atoms with van der Waals surface area (Å²) in [6.07, 6.45) is 0. The molecule has 1 aliphatic rings. The van der Waals surface area contributed by atoms with Gasteiger partial charge in [0.25, 0.3) is 11.8 Å². The molecule has 2 amide bonds. The normalized spacial score (nSPS) is 13.6. The number of hydrogen-bond donors (Lipinski definition) is 1. The summed E-state index contributed by atoms with van der Waals surface area (Å²) in [7, 11) is 3.01. The SMILES string of the molecule is COc1ccc(C2=C(Nc3ccc(F)cc3)C(=O)N(c3ccc(C)cc3)C2=O)cc1OC. The van der Waals surface area contributed by atoms with E-state index in [0.29, 0.717) is 28.4 Å². The lowest BCUT2D eigenvalue weighted by molar-refractivity contribution is -0.120. The van der Waals surface area contributed by atoms with Crippen LogP contribution in [0.3, 0.4) is 0 Å². The summed E-state index contributed by atoms with van der Waals surface area (Å²) in [5, 5.41) is 3.00. The molecule has 3 aromatic rings. The molecule has 32 heavy (non-hydrogen) atoms. The van der Waals surface area contributed by atoms with Gasteiger partial charge < -0.3 is 14.8 Å². The highest BCUT2D eigenvalue weighted by Gasteiger charge is 2.40. The third-order valence-corrected chi connectivity index (χ3v) is 5.16. The van der Waals surface area contributed by atoms with Gasteiger partial charge in [0.05, 0.1) is 25.5 Å². The number of nitrogens with one attached hydrogen (secondary N) is 1. The Morgan fingerprint density at radius 2 is 1.47 bits per heavy atom. The van der Waals surface area contributed by atoms with Crippen molar-refractivity contribution in [3.05, 3.63) is 89.4 Å². The predicted molar refractivity (Wildman–Crippen MR) is 120 cm³/mol. The van der Waals surface area contributed by atoms with Gasteiger partial charge in [0.2, 0.25) is 0 Å². The van der Waals surface area contributed by atoms with Crippen LogP contribution in [0.15, 0.2) is 72.4 Å². The van der Waals surface area contributed by atoms with Crippen LogP contribution in [-0.2, 0) is 9.59 Å². The molecule has 0 fully saturated rings. The van der Waals surface area contributed by atoms with Crippen molar-refractivity contribution in [3.8, 4) is 11.5 Å². The molecule has 162 valence electrons. The van der Waals surface area contributed by atoms with Crippen LogP contribution in [-0.4, -0.2) is 26.0 Å². The summed E-state index contributed by atoms with van der Waals surface area (Å²) in [6, 6.07) is 17.7. The molecule has 7 heteroatoms. The number of benzene rings is 3. The first-order chi connectivity index (χ1) is 15.4. The van der Waals surface area contributed by atoms with E-state index in [1.54, 1.807) is 30.3 Å². The second-order valence-electron chi connectivity index (χ2n) is 7.23. The minimum absolute atomic E-state index is 0.0920. The molecular formula is C25H21FN2O4.